The molecule has 1 aromatic carbocycles. The normalized spacial score (nSPS) is 20.3. The van der Waals surface area contributed by atoms with Crippen LogP contribution in [-0.2, 0) is 12.8 Å². The van der Waals surface area contributed by atoms with E-state index in [0.717, 1.165) is 11.4 Å². The first-order valence-corrected chi connectivity index (χ1v) is 5.41. The summed E-state index contributed by atoms with van der Waals surface area (Å²) in [7, 11) is 0. The first-order valence-electron chi connectivity index (χ1n) is 5.03. The lowest BCUT2D eigenvalue weighted by Gasteiger charge is -2.19. The van der Waals surface area contributed by atoms with Gasteiger partial charge in [-0.1, -0.05) is 18.5 Å². The molecular weight excluding hydrogens is 194 g/mol. The fraction of sp³-hybridized carbons (Fsp3) is 0.333. The molecule has 0 fully saturated rings. The van der Waals surface area contributed by atoms with Gasteiger partial charge in [0, 0.05) is 22.1 Å². The maximum atomic E-state index is 6.22. The molecule has 1 unspecified atom stereocenters. The van der Waals surface area contributed by atoms with Crippen LogP contribution in [0.1, 0.15) is 18.1 Å². The van der Waals surface area contributed by atoms with Crippen LogP contribution in [0, 0.1) is 5.92 Å². The van der Waals surface area contributed by atoms with Crippen LogP contribution in [0.15, 0.2) is 18.3 Å². The molecule has 2 heteroatoms. The molecule has 1 N–H and O–H groups in total. The van der Waals surface area contributed by atoms with Gasteiger partial charge < -0.3 is 4.98 Å². The van der Waals surface area contributed by atoms with Crippen LogP contribution in [0.2, 0.25) is 5.02 Å². The Morgan fingerprint density at radius 2 is 2.21 bits per heavy atom. The number of H-pyrrole nitrogens is 1. The molecule has 1 atom stereocenters. The summed E-state index contributed by atoms with van der Waals surface area (Å²) in [6.45, 7) is 2.28. The zero-order valence-electron chi connectivity index (χ0n) is 8.10. The number of benzene rings is 1. The van der Waals surface area contributed by atoms with E-state index in [4.69, 9.17) is 11.6 Å². The van der Waals surface area contributed by atoms with Crippen LogP contribution in [0.4, 0.5) is 0 Å². The standard InChI is InChI=1S/C12H12ClN/c1-7-4-8-6-14-11-3-2-10(13)9(5-7)12(8)11/h2-3,6-7,14H,4-5H2,1H3. The van der Waals surface area contributed by atoms with Gasteiger partial charge >= 0.3 is 0 Å². The molecule has 1 aliphatic rings. The van der Waals surface area contributed by atoms with Crippen molar-refractivity contribution in [2.45, 2.75) is 19.8 Å². The first-order chi connectivity index (χ1) is 6.75. The van der Waals surface area contributed by atoms with E-state index in [-0.39, 0.29) is 0 Å². The smallest absolute Gasteiger partial charge is 0.0460 e. The molecule has 0 saturated carbocycles. The molecule has 3 rings (SSSR count). The summed E-state index contributed by atoms with van der Waals surface area (Å²) in [6, 6.07) is 4.07. The molecule has 1 aliphatic carbocycles. The van der Waals surface area contributed by atoms with Crippen molar-refractivity contribution in [2.24, 2.45) is 5.92 Å². The lowest BCUT2D eigenvalue weighted by molar-refractivity contribution is 0.570. The molecule has 0 bridgehead atoms. The van der Waals surface area contributed by atoms with Gasteiger partial charge in [-0.05, 0) is 42.0 Å². The second-order valence-electron chi connectivity index (χ2n) is 4.28. The van der Waals surface area contributed by atoms with Crippen LogP contribution in [0.3, 0.4) is 0 Å². The van der Waals surface area contributed by atoms with Gasteiger partial charge in [-0.2, -0.15) is 0 Å². The molecule has 0 aliphatic heterocycles. The SMILES string of the molecule is CC1Cc2c[nH]c3ccc(Cl)c(c23)C1. The maximum absolute atomic E-state index is 6.22. The van der Waals surface area contributed by atoms with Gasteiger partial charge in [-0.15, -0.1) is 0 Å². The van der Waals surface area contributed by atoms with Crippen LogP contribution in [0.25, 0.3) is 10.9 Å². The van der Waals surface area contributed by atoms with Crippen LogP contribution in [-0.4, -0.2) is 4.98 Å². The van der Waals surface area contributed by atoms with Gasteiger partial charge in [0.2, 0.25) is 0 Å². The van der Waals surface area contributed by atoms with E-state index < -0.39 is 0 Å². The van der Waals surface area contributed by atoms with Crippen molar-refractivity contribution >= 4 is 22.5 Å². The average Bonchev–Trinajstić information content (AvgIpc) is 2.55. The molecular formula is C12H12ClN. The molecule has 0 radical (unpaired) electrons. The Labute approximate surface area is 88.1 Å². The Hall–Kier alpha value is -0.950. The van der Waals surface area contributed by atoms with Gasteiger partial charge in [0.05, 0.1) is 0 Å². The Kier molecular flexibility index (Phi) is 1.65. The fourth-order valence-electron chi connectivity index (χ4n) is 2.50. The van der Waals surface area contributed by atoms with Crippen LogP contribution < -0.4 is 0 Å². The minimum Gasteiger partial charge on any atom is -0.361 e. The molecule has 14 heavy (non-hydrogen) atoms. The Balaban J connectivity index is 2.41. The van der Waals surface area contributed by atoms with Crippen LogP contribution in [0.5, 0.6) is 0 Å². The van der Waals surface area contributed by atoms with Crippen molar-refractivity contribution in [3.05, 3.63) is 34.5 Å². The summed E-state index contributed by atoms with van der Waals surface area (Å²) < 4.78 is 0. The highest BCUT2D eigenvalue weighted by atomic mass is 35.5. The molecule has 0 spiro atoms. The zero-order chi connectivity index (χ0) is 9.71. The second-order valence-corrected chi connectivity index (χ2v) is 4.68. The number of halogens is 1. The number of aromatic nitrogens is 1. The molecule has 2 aromatic rings. The third-order valence-corrected chi connectivity index (χ3v) is 3.45. The number of nitrogens with one attached hydrogen (secondary N) is 1. The van der Waals surface area contributed by atoms with E-state index in [1.54, 1.807) is 0 Å². The summed E-state index contributed by atoms with van der Waals surface area (Å²) in [4.78, 5) is 3.31. The summed E-state index contributed by atoms with van der Waals surface area (Å²) in [6.07, 6.45) is 4.41. The van der Waals surface area contributed by atoms with Crippen molar-refractivity contribution in [1.82, 2.24) is 4.98 Å². The van der Waals surface area contributed by atoms with Crippen molar-refractivity contribution in [2.75, 3.05) is 0 Å². The molecule has 1 nitrogen and oxygen atoms in total. The number of aromatic amines is 1. The first kappa shape index (κ1) is 8.37. The van der Waals surface area contributed by atoms with E-state index in [2.05, 4.69) is 24.2 Å². The lowest BCUT2D eigenvalue weighted by atomic mass is 9.86. The highest BCUT2D eigenvalue weighted by molar-refractivity contribution is 6.32. The highest BCUT2D eigenvalue weighted by Gasteiger charge is 2.20. The molecule has 1 heterocycles. The van der Waals surface area contributed by atoms with Gasteiger partial charge in [-0.25, -0.2) is 0 Å². The van der Waals surface area contributed by atoms with E-state index in [9.17, 15) is 0 Å². The fourth-order valence-corrected chi connectivity index (χ4v) is 2.74. The Morgan fingerprint density at radius 3 is 3.07 bits per heavy atom. The van der Waals surface area contributed by atoms with Gasteiger partial charge in [0.15, 0.2) is 0 Å². The molecule has 0 amide bonds. The third kappa shape index (κ3) is 1.02. The monoisotopic (exact) mass is 205 g/mol. The highest BCUT2D eigenvalue weighted by Crippen LogP contribution is 2.35. The van der Waals surface area contributed by atoms with E-state index >= 15 is 0 Å². The van der Waals surface area contributed by atoms with E-state index in [1.807, 2.05) is 6.07 Å². The molecule has 72 valence electrons. The van der Waals surface area contributed by atoms with Crippen molar-refractivity contribution in [3.63, 3.8) is 0 Å². The predicted octanol–water partition coefficient (Wildman–Crippen LogP) is 3.56. The molecule has 0 saturated heterocycles. The zero-order valence-corrected chi connectivity index (χ0v) is 8.86. The Morgan fingerprint density at radius 1 is 1.36 bits per heavy atom. The Bertz CT molecular complexity index is 498. The van der Waals surface area contributed by atoms with Crippen LogP contribution >= 0.6 is 11.6 Å². The van der Waals surface area contributed by atoms with Crippen molar-refractivity contribution < 1.29 is 0 Å². The summed E-state index contributed by atoms with van der Waals surface area (Å²) in [5.74, 6) is 0.710. The summed E-state index contributed by atoms with van der Waals surface area (Å²) in [5.41, 5.74) is 3.99. The largest absolute Gasteiger partial charge is 0.361 e. The van der Waals surface area contributed by atoms with Crippen molar-refractivity contribution in [1.29, 1.82) is 0 Å². The third-order valence-electron chi connectivity index (χ3n) is 3.10. The number of hydrogen-bond donors (Lipinski definition) is 1. The predicted molar refractivity (Wildman–Crippen MR) is 59.9 cm³/mol. The second kappa shape index (κ2) is 2.77. The molecule has 1 aromatic heterocycles. The number of rotatable bonds is 0. The van der Waals surface area contributed by atoms with Gasteiger partial charge in [-0.3, -0.25) is 0 Å². The van der Waals surface area contributed by atoms with E-state index in [0.29, 0.717) is 5.92 Å². The minimum absolute atomic E-state index is 0.710. The summed E-state index contributed by atoms with van der Waals surface area (Å²) in [5, 5.41) is 2.29. The van der Waals surface area contributed by atoms with Gasteiger partial charge in [0.1, 0.15) is 0 Å². The number of hydrogen-bond acceptors (Lipinski definition) is 0. The topological polar surface area (TPSA) is 15.8 Å². The maximum Gasteiger partial charge on any atom is 0.0460 e. The average molecular weight is 206 g/mol. The summed E-state index contributed by atoms with van der Waals surface area (Å²) >= 11 is 6.22. The minimum atomic E-state index is 0.710. The van der Waals surface area contributed by atoms with Crippen molar-refractivity contribution in [3.8, 4) is 0 Å². The van der Waals surface area contributed by atoms with Gasteiger partial charge in [0.25, 0.3) is 0 Å². The lowest BCUT2D eigenvalue weighted by Crippen LogP contribution is -2.09. The van der Waals surface area contributed by atoms with E-state index in [1.165, 1.54) is 28.5 Å². The quantitative estimate of drug-likeness (QED) is 0.677.